The van der Waals surface area contributed by atoms with Gasteiger partial charge in [0.15, 0.2) is 5.78 Å². The molecule has 0 radical (unpaired) electrons. The number of hydrogen-bond acceptors (Lipinski definition) is 3. The summed E-state index contributed by atoms with van der Waals surface area (Å²) in [5.74, 6) is -0.479. The van der Waals surface area contributed by atoms with Crippen molar-refractivity contribution in [1.29, 1.82) is 0 Å². The van der Waals surface area contributed by atoms with Gasteiger partial charge in [0.05, 0.1) is 11.8 Å². The van der Waals surface area contributed by atoms with Crippen LogP contribution in [0.15, 0.2) is 30.5 Å². The normalized spacial score (nSPS) is 18.9. The Kier molecular flexibility index (Phi) is 5.18. The molecule has 4 nitrogen and oxygen atoms in total. The molecule has 140 valence electrons. The fourth-order valence-corrected chi connectivity index (χ4v) is 3.44. The van der Waals surface area contributed by atoms with Gasteiger partial charge in [-0.2, -0.15) is 18.3 Å². The highest BCUT2D eigenvalue weighted by molar-refractivity contribution is 5.98. The number of benzene rings is 1. The third-order valence-electron chi connectivity index (χ3n) is 5.08. The number of halogens is 3. The largest absolute Gasteiger partial charge is 0.416 e. The van der Waals surface area contributed by atoms with Gasteiger partial charge in [-0.3, -0.25) is 14.4 Å². The van der Waals surface area contributed by atoms with Gasteiger partial charge in [-0.25, -0.2) is 0 Å². The summed E-state index contributed by atoms with van der Waals surface area (Å²) >= 11 is 0. The second-order valence-electron chi connectivity index (χ2n) is 6.90. The SMILES string of the molecule is Cc1c(CN2CCC[C@H](C(=O)c3cccc(C(F)(F)F)c3)C2)cnn1C. The lowest BCUT2D eigenvalue weighted by Gasteiger charge is -2.32. The average molecular weight is 365 g/mol. The average Bonchev–Trinajstić information content (AvgIpc) is 2.93. The molecule has 1 saturated heterocycles. The number of aryl methyl sites for hydroxylation is 1. The van der Waals surface area contributed by atoms with Gasteiger partial charge in [0.25, 0.3) is 0 Å². The van der Waals surface area contributed by atoms with Crippen LogP contribution in [-0.4, -0.2) is 33.6 Å². The molecule has 0 N–H and O–H groups in total. The van der Waals surface area contributed by atoms with E-state index < -0.39 is 11.7 Å². The highest BCUT2D eigenvalue weighted by Crippen LogP contribution is 2.31. The molecule has 1 aliphatic rings. The van der Waals surface area contributed by atoms with Crippen LogP contribution in [0.4, 0.5) is 13.2 Å². The van der Waals surface area contributed by atoms with Crippen LogP contribution in [-0.2, 0) is 19.8 Å². The van der Waals surface area contributed by atoms with Crippen molar-refractivity contribution < 1.29 is 18.0 Å². The van der Waals surface area contributed by atoms with Crippen LogP contribution in [0.25, 0.3) is 0 Å². The van der Waals surface area contributed by atoms with E-state index in [0.29, 0.717) is 19.5 Å². The number of hydrogen-bond donors (Lipinski definition) is 0. The van der Waals surface area contributed by atoms with Gasteiger partial charge in [0, 0.05) is 42.9 Å². The number of ketones is 1. The zero-order chi connectivity index (χ0) is 18.9. The van der Waals surface area contributed by atoms with E-state index >= 15 is 0 Å². The lowest BCUT2D eigenvalue weighted by Crippen LogP contribution is -2.38. The summed E-state index contributed by atoms with van der Waals surface area (Å²) in [7, 11) is 1.88. The first-order chi connectivity index (χ1) is 12.3. The maximum absolute atomic E-state index is 12.9. The third kappa shape index (κ3) is 3.98. The summed E-state index contributed by atoms with van der Waals surface area (Å²) in [6.07, 6.45) is -1.05. The Morgan fingerprint density at radius 2 is 2.12 bits per heavy atom. The topological polar surface area (TPSA) is 38.1 Å². The molecule has 1 aromatic heterocycles. The Labute approximate surface area is 150 Å². The first-order valence-corrected chi connectivity index (χ1v) is 8.67. The molecule has 3 rings (SSSR count). The highest BCUT2D eigenvalue weighted by Gasteiger charge is 2.32. The minimum atomic E-state index is -4.44. The number of carbonyl (C=O) groups excluding carboxylic acids is 1. The van der Waals surface area contributed by atoms with E-state index in [-0.39, 0.29) is 17.3 Å². The molecule has 1 aliphatic heterocycles. The van der Waals surface area contributed by atoms with Crippen LogP contribution < -0.4 is 0 Å². The summed E-state index contributed by atoms with van der Waals surface area (Å²) < 4.78 is 40.5. The standard InChI is InChI=1S/C19H22F3N3O/c1-13-16(10-23-24(13)2)12-25-8-4-6-15(11-25)18(26)14-5-3-7-17(9-14)19(20,21)22/h3,5,7,9-10,15H,4,6,8,11-12H2,1-2H3/t15-/m0/s1. The molecule has 7 heteroatoms. The van der Waals surface area contributed by atoms with Crippen LogP contribution in [0.2, 0.25) is 0 Å². The van der Waals surface area contributed by atoms with Gasteiger partial charge >= 0.3 is 6.18 Å². The number of rotatable bonds is 4. The fourth-order valence-electron chi connectivity index (χ4n) is 3.44. The van der Waals surface area contributed by atoms with E-state index in [4.69, 9.17) is 0 Å². The van der Waals surface area contributed by atoms with E-state index in [1.165, 1.54) is 12.1 Å². The molecular weight excluding hydrogens is 343 g/mol. The van der Waals surface area contributed by atoms with Crippen molar-refractivity contribution in [3.8, 4) is 0 Å². The number of nitrogens with zero attached hydrogens (tertiary/aromatic N) is 3. The first kappa shape index (κ1) is 18.6. The van der Waals surface area contributed by atoms with E-state index in [9.17, 15) is 18.0 Å². The molecule has 1 aromatic carbocycles. The lowest BCUT2D eigenvalue weighted by atomic mass is 9.89. The van der Waals surface area contributed by atoms with Crippen molar-refractivity contribution in [2.75, 3.05) is 13.1 Å². The number of piperidine rings is 1. The fraction of sp³-hybridized carbons (Fsp3) is 0.474. The zero-order valence-electron chi connectivity index (χ0n) is 14.9. The molecule has 0 bridgehead atoms. The van der Waals surface area contributed by atoms with Gasteiger partial charge in [0.1, 0.15) is 0 Å². The van der Waals surface area contributed by atoms with Gasteiger partial charge in [-0.05, 0) is 38.4 Å². The summed E-state index contributed by atoms with van der Waals surface area (Å²) in [6.45, 7) is 4.13. The molecular formula is C19H22F3N3O. The summed E-state index contributed by atoms with van der Waals surface area (Å²) in [4.78, 5) is 14.9. The summed E-state index contributed by atoms with van der Waals surface area (Å²) in [6, 6.07) is 4.74. The van der Waals surface area contributed by atoms with Crippen LogP contribution >= 0.6 is 0 Å². The highest BCUT2D eigenvalue weighted by atomic mass is 19.4. The van der Waals surface area contributed by atoms with E-state index in [1.807, 2.05) is 24.9 Å². The van der Waals surface area contributed by atoms with Gasteiger partial charge in [-0.15, -0.1) is 0 Å². The molecule has 1 atom stereocenters. The lowest BCUT2D eigenvalue weighted by molar-refractivity contribution is -0.137. The van der Waals surface area contributed by atoms with Gasteiger partial charge < -0.3 is 0 Å². The van der Waals surface area contributed by atoms with E-state index in [1.54, 1.807) is 0 Å². The number of aromatic nitrogens is 2. The molecule has 0 unspecified atom stereocenters. The molecule has 0 amide bonds. The first-order valence-electron chi connectivity index (χ1n) is 8.67. The quantitative estimate of drug-likeness (QED) is 0.773. The number of Topliss-reactive ketones (excluding diaryl/α,β-unsaturated/α-hetero) is 1. The predicted octanol–water partition coefficient (Wildman–Crippen LogP) is 3.84. The second-order valence-corrected chi connectivity index (χ2v) is 6.90. The Bertz CT molecular complexity index is 798. The van der Waals surface area contributed by atoms with Crippen molar-refractivity contribution in [3.63, 3.8) is 0 Å². The molecule has 2 aromatic rings. The molecule has 26 heavy (non-hydrogen) atoms. The zero-order valence-corrected chi connectivity index (χ0v) is 14.9. The molecule has 0 saturated carbocycles. The van der Waals surface area contributed by atoms with Crippen molar-refractivity contribution in [2.45, 2.75) is 32.5 Å². The maximum Gasteiger partial charge on any atom is 0.416 e. The Morgan fingerprint density at radius 3 is 2.77 bits per heavy atom. The van der Waals surface area contributed by atoms with Gasteiger partial charge in [-0.1, -0.05) is 12.1 Å². The molecule has 0 spiro atoms. The monoisotopic (exact) mass is 365 g/mol. The van der Waals surface area contributed by atoms with E-state index in [0.717, 1.165) is 36.4 Å². The second kappa shape index (κ2) is 7.23. The molecule has 2 heterocycles. The summed E-state index contributed by atoms with van der Waals surface area (Å²) in [5.41, 5.74) is 1.56. The smallest absolute Gasteiger partial charge is 0.298 e. The van der Waals surface area contributed by atoms with E-state index in [2.05, 4.69) is 10.00 Å². The summed E-state index contributed by atoms with van der Waals surface area (Å²) in [5, 5.41) is 4.23. The predicted molar refractivity (Wildman–Crippen MR) is 91.7 cm³/mol. The third-order valence-corrected chi connectivity index (χ3v) is 5.08. The van der Waals surface area contributed by atoms with Crippen LogP contribution in [0.3, 0.4) is 0 Å². The Morgan fingerprint density at radius 1 is 1.35 bits per heavy atom. The Hall–Kier alpha value is -2.15. The molecule has 0 aliphatic carbocycles. The Balaban J connectivity index is 1.71. The van der Waals surface area contributed by atoms with Crippen LogP contribution in [0.1, 0.15) is 40.0 Å². The minimum absolute atomic E-state index is 0.143. The minimum Gasteiger partial charge on any atom is -0.298 e. The van der Waals surface area contributed by atoms with Gasteiger partial charge in [0.2, 0.25) is 0 Å². The van der Waals surface area contributed by atoms with Crippen LogP contribution in [0.5, 0.6) is 0 Å². The van der Waals surface area contributed by atoms with Crippen molar-refractivity contribution in [2.24, 2.45) is 13.0 Å². The maximum atomic E-state index is 12.9. The number of alkyl halides is 3. The number of carbonyl (C=O) groups is 1. The number of likely N-dealkylation sites (tertiary alicyclic amines) is 1. The van der Waals surface area contributed by atoms with Crippen LogP contribution in [0, 0.1) is 12.8 Å². The van der Waals surface area contributed by atoms with Crippen molar-refractivity contribution in [1.82, 2.24) is 14.7 Å². The van der Waals surface area contributed by atoms with Crippen molar-refractivity contribution >= 4 is 5.78 Å². The van der Waals surface area contributed by atoms with Crippen molar-refractivity contribution in [3.05, 3.63) is 52.8 Å². The molecule has 1 fully saturated rings.